The fraction of sp³-hybridized carbons (Fsp3) is 0.895. The first-order valence-electron chi connectivity index (χ1n) is 8.68. The van der Waals surface area contributed by atoms with Crippen molar-refractivity contribution in [2.24, 2.45) is 5.92 Å². The molecular weight excluding hydrogens is 394 g/mol. The largest absolute Gasteiger partial charge is 2.00 e. The smallest absolute Gasteiger partial charge is 0.383 e. The van der Waals surface area contributed by atoms with E-state index >= 15 is 0 Å². The predicted octanol–water partition coefficient (Wildman–Crippen LogP) is 5.51. The van der Waals surface area contributed by atoms with E-state index in [1.165, 1.54) is 77.3 Å². The second-order valence-corrected chi connectivity index (χ2v) is 7.90. The number of methoxy groups -OCH3 is 1. The Kier molecular flexibility index (Phi) is 17.3. The second kappa shape index (κ2) is 15.2. The molecule has 3 aliphatic rings. The number of halogens is 1. The third-order valence-corrected chi connectivity index (χ3v) is 6.35. The molecule has 3 atom stereocenters. The van der Waals surface area contributed by atoms with Gasteiger partial charge in [-0.1, -0.05) is 54.5 Å². The monoisotopic (exact) mass is 431 g/mol. The van der Waals surface area contributed by atoms with Crippen LogP contribution in [0.4, 0.5) is 0 Å². The van der Waals surface area contributed by atoms with Crippen molar-refractivity contribution >= 4 is 15.9 Å². The van der Waals surface area contributed by atoms with E-state index in [1.54, 1.807) is 0 Å². The number of rotatable bonds is 4. The Morgan fingerprint density at radius 1 is 0.913 bits per heavy atom. The van der Waals surface area contributed by atoms with Gasteiger partial charge in [0.2, 0.25) is 0 Å². The molecular formula is C19H38BrFeNO. The van der Waals surface area contributed by atoms with Crippen molar-refractivity contribution in [1.29, 1.82) is 0 Å². The number of ether oxygens (including phenoxy) is 1. The molecule has 0 aromatic carbocycles. The van der Waals surface area contributed by atoms with Crippen LogP contribution in [0.15, 0.2) is 0 Å². The van der Waals surface area contributed by atoms with E-state index < -0.39 is 0 Å². The van der Waals surface area contributed by atoms with Crippen molar-refractivity contribution in [3.05, 3.63) is 14.9 Å². The SMILES string of the molecule is C1CCCC1.COC[C@@H]1CCCN1CC1CCCC1Br.[CH3-].[CH3-].[Fe+2]. The molecule has 0 radical (unpaired) electrons. The van der Waals surface area contributed by atoms with Gasteiger partial charge >= 0.3 is 17.1 Å². The zero-order chi connectivity index (χ0) is 14.2. The first kappa shape index (κ1) is 26.2. The Hall–Kier alpha value is 0.919. The number of hydrogen-bond donors (Lipinski definition) is 0. The van der Waals surface area contributed by atoms with Gasteiger partial charge in [-0.2, -0.15) is 0 Å². The summed E-state index contributed by atoms with van der Waals surface area (Å²) in [5.41, 5.74) is 0. The summed E-state index contributed by atoms with van der Waals surface area (Å²) >= 11 is 3.81. The molecule has 2 saturated carbocycles. The Bertz CT molecular complexity index is 256. The molecule has 2 aliphatic carbocycles. The third-order valence-electron chi connectivity index (χ3n) is 5.14. The van der Waals surface area contributed by atoms with Gasteiger partial charge in [0.25, 0.3) is 0 Å². The van der Waals surface area contributed by atoms with E-state index in [0.29, 0.717) is 6.04 Å². The van der Waals surface area contributed by atoms with Gasteiger partial charge in [0.05, 0.1) is 6.61 Å². The summed E-state index contributed by atoms with van der Waals surface area (Å²) in [5, 5.41) is 0. The van der Waals surface area contributed by atoms with E-state index in [1.807, 2.05) is 7.11 Å². The van der Waals surface area contributed by atoms with Crippen LogP contribution in [-0.4, -0.2) is 42.6 Å². The summed E-state index contributed by atoms with van der Waals surface area (Å²) in [5.74, 6) is 0.877. The summed E-state index contributed by atoms with van der Waals surface area (Å²) in [6, 6.07) is 0.690. The summed E-state index contributed by atoms with van der Waals surface area (Å²) in [6.07, 6.45) is 14.4. The number of hydrogen-bond acceptors (Lipinski definition) is 2. The molecule has 0 N–H and O–H groups in total. The summed E-state index contributed by atoms with van der Waals surface area (Å²) in [6.45, 7) is 3.48. The number of alkyl halides is 1. The van der Waals surface area contributed by atoms with Crippen molar-refractivity contribution in [3.8, 4) is 0 Å². The number of likely N-dealkylation sites (tertiary alicyclic amines) is 1. The minimum Gasteiger partial charge on any atom is -0.383 e. The third kappa shape index (κ3) is 9.26. The molecule has 0 bridgehead atoms. The molecule has 3 fully saturated rings. The van der Waals surface area contributed by atoms with Crippen molar-refractivity contribution in [3.63, 3.8) is 0 Å². The zero-order valence-electron chi connectivity index (χ0n) is 15.5. The molecule has 1 saturated heterocycles. The maximum absolute atomic E-state index is 5.29. The Morgan fingerprint density at radius 2 is 1.52 bits per heavy atom. The topological polar surface area (TPSA) is 12.5 Å². The average molecular weight is 432 g/mol. The molecule has 0 aromatic heterocycles. The van der Waals surface area contributed by atoms with Crippen LogP contribution in [0.5, 0.6) is 0 Å². The molecule has 1 heterocycles. The summed E-state index contributed by atoms with van der Waals surface area (Å²) in [4.78, 5) is 3.41. The van der Waals surface area contributed by atoms with Crippen LogP contribution in [0, 0.1) is 20.8 Å². The van der Waals surface area contributed by atoms with Crippen LogP contribution in [0.2, 0.25) is 0 Å². The van der Waals surface area contributed by atoms with Crippen LogP contribution in [0.25, 0.3) is 0 Å². The molecule has 0 aromatic rings. The molecule has 3 rings (SSSR count). The van der Waals surface area contributed by atoms with E-state index in [-0.39, 0.29) is 31.9 Å². The van der Waals surface area contributed by atoms with Crippen LogP contribution < -0.4 is 0 Å². The maximum atomic E-state index is 5.29. The standard InChI is InChI=1S/C12H22BrNO.C5H10.2CH3.Fe/c1-15-9-11-5-3-7-14(11)8-10-4-2-6-12(10)13;1-2-4-5-3-1;;;/h10-12H,2-9H2,1H3;1-5H2;2*1H3;/q;;2*-1;+2/t10?,11-,12?;;;;/m0..../s1. The van der Waals surface area contributed by atoms with Gasteiger partial charge in [-0.15, -0.1) is 0 Å². The fourth-order valence-corrected chi connectivity index (χ4v) is 4.65. The van der Waals surface area contributed by atoms with Gasteiger partial charge < -0.3 is 19.6 Å². The molecule has 2 nitrogen and oxygen atoms in total. The zero-order valence-corrected chi connectivity index (χ0v) is 18.2. The molecule has 23 heavy (non-hydrogen) atoms. The molecule has 0 spiro atoms. The Balaban J connectivity index is 0. The first-order valence-corrected chi connectivity index (χ1v) is 9.60. The van der Waals surface area contributed by atoms with E-state index in [9.17, 15) is 0 Å². The van der Waals surface area contributed by atoms with Crippen LogP contribution >= 0.6 is 15.9 Å². The van der Waals surface area contributed by atoms with Gasteiger partial charge in [-0.3, -0.25) is 4.90 Å². The van der Waals surface area contributed by atoms with E-state index in [2.05, 4.69) is 20.8 Å². The first-order chi connectivity index (χ1) is 9.81. The van der Waals surface area contributed by atoms with Gasteiger partial charge in [0.15, 0.2) is 0 Å². The minimum atomic E-state index is 0. The average Bonchev–Trinajstić information content (AvgIpc) is 3.17. The minimum absolute atomic E-state index is 0. The van der Waals surface area contributed by atoms with E-state index in [0.717, 1.165) is 17.4 Å². The quantitative estimate of drug-likeness (QED) is 0.330. The van der Waals surface area contributed by atoms with Gasteiger partial charge in [-0.05, 0) is 38.1 Å². The fourth-order valence-electron chi connectivity index (χ4n) is 3.90. The van der Waals surface area contributed by atoms with Crippen molar-refractivity contribution in [1.82, 2.24) is 4.90 Å². The summed E-state index contributed by atoms with van der Waals surface area (Å²) < 4.78 is 5.29. The Labute approximate surface area is 165 Å². The normalized spacial score (nSPS) is 29.7. The van der Waals surface area contributed by atoms with Crippen molar-refractivity contribution in [2.75, 3.05) is 26.8 Å². The predicted molar refractivity (Wildman–Crippen MR) is 102 cm³/mol. The van der Waals surface area contributed by atoms with Gasteiger partial charge in [0.1, 0.15) is 0 Å². The molecule has 4 heteroatoms. The maximum Gasteiger partial charge on any atom is 2.00 e. The van der Waals surface area contributed by atoms with Crippen LogP contribution in [-0.2, 0) is 21.8 Å². The van der Waals surface area contributed by atoms with E-state index in [4.69, 9.17) is 4.74 Å². The van der Waals surface area contributed by atoms with Crippen molar-refractivity contribution < 1.29 is 21.8 Å². The van der Waals surface area contributed by atoms with Crippen molar-refractivity contribution in [2.45, 2.75) is 75.1 Å². The summed E-state index contributed by atoms with van der Waals surface area (Å²) in [7, 11) is 1.82. The number of nitrogens with zero attached hydrogens (tertiary/aromatic N) is 1. The molecule has 140 valence electrons. The second-order valence-electron chi connectivity index (χ2n) is 6.72. The Morgan fingerprint density at radius 3 is 2.00 bits per heavy atom. The molecule has 2 unspecified atom stereocenters. The van der Waals surface area contributed by atoms with Crippen LogP contribution in [0.3, 0.4) is 0 Å². The molecule has 1 aliphatic heterocycles. The molecule has 0 amide bonds. The van der Waals surface area contributed by atoms with Crippen LogP contribution in [0.1, 0.15) is 64.2 Å². The van der Waals surface area contributed by atoms with Gasteiger partial charge in [0, 0.05) is 24.5 Å². The van der Waals surface area contributed by atoms with Gasteiger partial charge in [-0.25, -0.2) is 0 Å².